The second kappa shape index (κ2) is 4.61. The fraction of sp³-hybridized carbons (Fsp3) is 0.182. The number of pyridine rings is 1. The van der Waals surface area contributed by atoms with Gasteiger partial charge in [-0.2, -0.15) is 0 Å². The van der Waals surface area contributed by atoms with Crippen molar-refractivity contribution in [2.75, 3.05) is 0 Å². The minimum absolute atomic E-state index is 0.0745. The Morgan fingerprint density at radius 2 is 2.22 bits per heavy atom. The minimum Gasteiger partial charge on any atom is -0.508 e. The molecule has 0 unspecified atom stereocenters. The second-order valence-corrected chi connectivity index (χ2v) is 4.75. The van der Waals surface area contributed by atoms with Gasteiger partial charge in [0.15, 0.2) is 0 Å². The first-order valence-corrected chi connectivity index (χ1v) is 5.93. The number of carboxylic acid groups (broad SMARTS) is 1. The molecule has 94 valence electrons. The zero-order valence-corrected chi connectivity index (χ0v) is 10.3. The lowest BCUT2D eigenvalue weighted by molar-refractivity contribution is 0.0683. The second-order valence-electron chi connectivity index (χ2n) is 3.69. The van der Waals surface area contributed by atoms with Crippen LogP contribution in [0.15, 0.2) is 22.3 Å². The molecule has 7 heteroatoms. The van der Waals surface area contributed by atoms with Crippen LogP contribution in [0.1, 0.15) is 21.2 Å². The molecule has 2 heterocycles. The zero-order chi connectivity index (χ0) is 13.3. The van der Waals surface area contributed by atoms with Crippen LogP contribution in [0.2, 0.25) is 0 Å². The van der Waals surface area contributed by atoms with E-state index in [4.69, 9.17) is 5.11 Å². The summed E-state index contributed by atoms with van der Waals surface area (Å²) in [7, 11) is 0. The maximum atomic E-state index is 11.7. The van der Waals surface area contributed by atoms with E-state index in [9.17, 15) is 14.7 Å². The van der Waals surface area contributed by atoms with E-state index in [-0.39, 0.29) is 18.0 Å². The third kappa shape index (κ3) is 2.40. The highest BCUT2D eigenvalue weighted by Crippen LogP contribution is 2.12. The van der Waals surface area contributed by atoms with E-state index in [2.05, 4.69) is 4.98 Å². The Kier molecular flexibility index (Phi) is 3.15. The van der Waals surface area contributed by atoms with Gasteiger partial charge in [0.25, 0.3) is 5.56 Å². The van der Waals surface area contributed by atoms with E-state index in [0.29, 0.717) is 5.69 Å². The zero-order valence-electron chi connectivity index (χ0n) is 9.45. The quantitative estimate of drug-likeness (QED) is 0.866. The average molecular weight is 266 g/mol. The molecule has 18 heavy (non-hydrogen) atoms. The number of aryl methyl sites for hydroxylation is 1. The molecular formula is C11H10N2O4S. The van der Waals surface area contributed by atoms with Gasteiger partial charge in [0, 0.05) is 17.5 Å². The molecule has 0 bridgehead atoms. The highest BCUT2D eigenvalue weighted by molar-refractivity contribution is 7.09. The van der Waals surface area contributed by atoms with Crippen molar-refractivity contribution < 1.29 is 15.0 Å². The third-order valence-electron chi connectivity index (χ3n) is 2.32. The lowest BCUT2D eigenvalue weighted by Gasteiger charge is -2.08. The molecule has 0 fully saturated rings. The van der Waals surface area contributed by atoms with Gasteiger partial charge in [-0.05, 0) is 6.92 Å². The maximum Gasteiger partial charge on any atom is 0.352 e. The standard InChI is InChI=1S/C11H10N2O4S/c1-6-12-7(5-18-6)4-13-9(11(16)17)2-8(14)3-10(13)15/h2-3,5,14H,4H2,1H3,(H,16,17). The molecule has 0 amide bonds. The predicted molar refractivity (Wildman–Crippen MR) is 65.3 cm³/mol. The summed E-state index contributed by atoms with van der Waals surface area (Å²) in [6, 6.07) is 2.02. The molecule has 0 spiro atoms. The molecule has 0 aliphatic heterocycles. The largest absolute Gasteiger partial charge is 0.508 e. The normalized spacial score (nSPS) is 10.5. The predicted octanol–water partition coefficient (Wildman–Crippen LogP) is 1.07. The smallest absolute Gasteiger partial charge is 0.352 e. The van der Waals surface area contributed by atoms with E-state index < -0.39 is 11.5 Å². The van der Waals surface area contributed by atoms with Crippen molar-refractivity contribution in [2.45, 2.75) is 13.5 Å². The van der Waals surface area contributed by atoms with Crippen molar-refractivity contribution >= 4 is 17.3 Å². The van der Waals surface area contributed by atoms with Crippen LogP contribution in [0.25, 0.3) is 0 Å². The molecule has 0 saturated heterocycles. The molecule has 6 nitrogen and oxygen atoms in total. The topological polar surface area (TPSA) is 92.4 Å². The van der Waals surface area contributed by atoms with Crippen LogP contribution in [-0.4, -0.2) is 25.7 Å². The van der Waals surface area contributed by atoms with Gasteiger partial charge in [0.05, 0.1) is 17.2 Å². The van der Waals surface area contributed by atoms with Crippen LogP contribution in [0, 0.1) is 6.92 Å². The molecule has 2 rings (SSSR count). The van der Waals surface area contributed by atoms with Crippen LogP contribution < -0.4 is 5.56 Å². The minimum atomic E-state index is -1.27. The van der Waals surface area contributed by atoms with Gasteiger partial charge in [-0.1, -0.05) is 0 Å². The average Bonchev–Trinajstić information content (AvgIpc) is 2.67. The Bertz CT molecular complexity index is 659. The number of aromatic hydroxyl groups is 1. The number of rotatable bonds is 3. The lowest BCUT2D eigenvalue weighted by Crippen LogP contribution is -2.25. The number of carbonyl (C=O) groups is 1. The summed E-state index contributed by atoms with van der Waals surface area (Å²) in [6.45, 7) is 1.90. The molecule has 0 aliphatic carbocycles. The van der Waals surface area contributed by atoms with E-state index in [1.54, 1.807) is 5.38 Å². The summed E-state index contributed by atoms with van der Waals surface area (Å²) in [5, 5.41) is 20.9. The SMILES string of the molecule is Cc1nc(Cn2c(C(=O)O)cc(O)cc2=O)cs1. The van der Waals surface area contributed by atoms with Crippen LogP contribution in [0.5, 0.6) is 5.75 Å². The van der Waals surface area contributed by atoms with Gasteiger partial charge in [-0.25, -0.2) is 9.78 Å². The van der Waals surface area contributed by atoms with E-state index in [1.165, 1.54) is 11.3 Å². The third-order valence-corrected chi connectivity index (χ3v) is 3.14. The van der Waals surface area contributed by atoms with Crippen LogP contribution in [0.4, 0.5) is 0 Å². The number of thiazole rings is 1. The van der Waals surface area contributed by atoms with Crippen molar-refractivity contribution in [3.8, 4) is 5.75 Å². The van der Waals surface area contributed by atoms with Gasteiger partial charge in [0.1, 0.15) is 11.4 Å². The molecule has 0 saturated carbocycles. The van der Waals surface area contributed by atoms with Gasteiger partial charge in [-0.15, -0.1) is 11.3 Å². The lowest BCUT2D eigenvalue weighted by atomic mass is 10.3. The van der Waals surface area contributed by atoms with Crippen molar-refractivity contribution in [1.82, 2.24) is 9.55 Å². The number of carboxylic acids is 1. The Balaban J connectivity index is 2.49. The number of nitrogens with zero attached hydrogens (tertiary/aromatic N) is 2. The Morgan fingerprint density at radius 1 is 1.50 bits per heavy atom. The Morgan fingerprint density at radius 3 is 2.78 bits per heavy atom. The van der Waals surface area contributed by atoms with Crippen molar-refractivity contribution in [1.29, 1.82) is 0 Å². The first-order chi connectivity index (χ1) is 8.47. The maximum absolute atomic E-state index is 11.7. The molecule has 0 atom stereocenters. The van der Waals surface area contributed by atoms with Crippen LogP contribution in [-0.2, 0) is 6.54 Å². The molecule has 2 aromatic rings. The van der Waals surface area contributed by atoms with Gasteiger partial charge in [-0.3, -0.25) is 9.36 Å². The number of aromatic nitrogens is 2. The molecule has 0 aliphatic rings. The highest BCUT2D eigenvalue weighted by atomic mass is 32.1. The summed E-state index contributed by atoms with van der Waals surface area (Å²) < 4.78 is 1.07. The fourth-order valence-electron chi connectivity index (χ4n) is 1.57. The number of hydrogen-bond donors (Lipinski definition) is 2. The molecule has 2 N–H and O–H groups in total. The summed E-state index contributed by atoms with van der Waals surface area (Å²) >= 11 is 1.42. The highest BCUT2D eigenvalue weighted by Gasteiger charge is 2.14. The fourth-order valence-corrected chi connectivity index (χ4v) is 2.17. The summed E-state index contributed by atoms with van der Waals surface area (Å²) in [4.78, 5) is 26.9. The van der Waals surface area contributed by atoms with Crippen molar-refractivity contribution in [3.63, 3.8) is 0 Å². The van der Waals surface area contributed by atoms with Crippen LogP contribution >= 0.6 is 11.3 Å². The Labute approximate surface area is 106 Å². The van der Waals surface area contributed by atoms with Crippen LogP contribution in [0.3, 0.4) is 0 Å². The molecule has 0 radical (unpaired) electrons. The number of aromatic carboxylic acids is 1. The van der Waals surface area contributed by atoms with Crippen molar-refractivity contribution in [2.24, 2.45) is 0 Å². The van der Waals surface area contributed by atoms with Crippen molar-refractivity contribution in [3.05, 3.63) is 44.3 Å². The first-order valence-electron chi connectivity index (χ1n) is 5.05. The summed E-state index contributed by atoms with van der Waals surface area (Å²) in [6.07, 6.45) is 0. The van der Waals surface area contributed by atoms with Gasteiger partial charge in [0.2, 0.25) is 0 Å². The molecule has 2 aromatic heterocycles. The summed E-state index contributed by atoms with van der Waals surface area (Å²) in [5.41, 5.74) is -0.212. The molecular weight excluding hydrogens is 256 g/mol. The van der Waals surface area contributed by atoms with Gasteiger partial charge >= 0.3 is 5.97 Å². The van der Waals surface area contributed by atoms with E-state index in [0.717, 1.165) is 21.7 Å². The first kappa shape index (κ1) is 12.3. The molecule has 0 aromatic carbocycles. The van der Waals surface area contributed by atoms with E-state index in [1.807, 2.05) is 6.92 Å². The monoisotopic (exact) mass is 266 g/mol. The van der Waals surface area contributed by atoms with Gasteiger partial charge < -0.3 is 10.2 Å². The summed E-state index contributed by atoms with van der Waals surface area (Å²) in [5.74, 6) is -1.63. The van der Waals surface area contributed by atoms with E-state index >= 15 is 0 Å². The number of hydrogen-bond acceptors (Lipinski definition) is 5. The Hall–Kier alpha value is -2.15.